The molecule has 2 aliphatic heterocycles. The number of carbonyl (C=O) groups excluding carboxylic acids is 1. The molecule has 3 rings (SSSR count). The van der Waals surface area contributed by atoms with Crippen LogP contribution in [0.25, 0.3) is 0 Å². The number of hydrogen-bond acceptors (Lipinski definition) is 4. The van der Waals surface area contributed by atoms with Gasteiger partial charge in [0.2, 0.25) is 0 Å². The van der Waals surface area contributed by atoms with Gasteiger partial charge in [0, 0.05) is 25.2 Å². The molecule has 2 saturated heterocycles. The molecule has 0 aromatic carbocycles. The number of hydrogen-bond donors (Lipinski definition) is 0. The van der Waals surface area contributed by atoms with Crippen LogP contribution in [0.5, 0.6) is 0 Å². The van der Waals surface area contributed by atoms with E-state index in [1.807, 2.05) is 4.90 Å². The number of aromatic nitrogens is 3. The van der Waals surface area contributed by atoms with E-state index in [0.717, 1.165) is 19.6 Å². The zero-order valence-electron chi connectivity index (χ0n) is 11.8. The molecule has 1 aromatic rings. The van der Waals surface area contributed by atoms with E-state index in [9.17, 15) is 4.79 Å². The first-order valence-electron chi connectivity index (χ1n) is 6.99. The van der Waals surface area contributed by atoms with Gasteiger partial charge < -0.3 is 4.90 Å². The molecule has 1 aromatic heterocycles. The Labute approximate surface area is 113 Å². The SMILES string of the molecule is Cc1ncn(C(=O)N2CC3CCN(C(C)C)C3C2)n1. The van der Waals surface area contributed by atoms with Crippen LogP contribution in [0, 0.1) is 12.8 Å². The number of aryl methyl sites for hydroxylation is 1. The molecular weight excluding hydrogens is 242 g/mol. The Morgan fingerprint density at radius 1 is 1.42 bits per heavy atom. The molecule has 2 atom stereocenters. The molecule has 0 N–H and O–H groups in total. The molecule has 3 heterocycles. The predicted octanol–water partition coefficient (Wildman–Crippen LogP) is 0.969. The highest BCUT2D eigenvalue weighted by atomic mass is 16.2. The van der Waals surface area contributed by atoms with E-state index >= 15 is 0 Å². The number of amides is 1. The lowest BCUT2D eigenvalue weighted by atomic mass is 10.0. The van der Waals surface area contributed by atoms with Crippen molar-refractivity contribution in [1.29, 1.82) is 0 Å². The first-order valence-corrected chi connectivity index (χ1v) is 6.99. The largest absolute Gasteiger partial charge is 0.346 e. The zero-order chi connectivity index (χ0) is 13.6. The Morgan fingerprint density at radius 3 is 2.84 bits per heavy atom. The van der Waals surface area contributed by atoms with Gasteiger partial charge in [0.05, 0.1) is 0 Å². The summed E-state index contributed by atoms with van der Waals surface area (Å²) in [5, 5.41) is 4.10. The van der Waals surface area contributed by atoms with E-state index in [2.05, 4.69) is 28.8 Å². The number of carbonyl (C=O) groups is 1. The number of likely N-dealkylation sites (tertiary alicyclic amines) is 2. The van der Waals surface area contributed by atoms with Gasteiger partial charge in [0.25, 0.3) is 0 Å². The van der Waals surface area contributed by atoms with Gasteiger partial charge >= 0.3 is 6.03 Å². The van der Waals surface area contributed by atoms with E-state index in [1.54, 1.807) is 6.92 Å². The van der Waals surface area contributed by atoms with Crippen molar-refractivity contribution in [3.8, 4) is 0 Å². The van der Waals surface area contributed by atoms with Crippen LogP contribution >= 0.6 is 0 Å². The van der Waals surface area contributed by atoms with Gasteiger partial charge in [-0.3, -0.25) is 4.90 Å². The zero-order valence-corrected chi connectivity index (χ0v) is 11.8. The lowest BCUT2D eigenvalue weighted by molar-refractivity contribution is 0.178. The van der Waals surface area contributed by atoms with Gasteiger partial charge in [0.15, 0.2) is 0 Å². The average Bonchev–Trinajstić information content (AvgIpc) is 3.00. The minimum atomic E-state index is -0.0429. The number of fused-ring (bicyclic) bond motifs is 1. The Bertz CT molecular complexity index is 483. The first kappa shape index (κ1) is 12.6. The van der Waals surface area contributed by atoms with Crippen LogP contribution in [0.3, 0.4) is 0 Å². The van der Waals surface area contributed by atoms with Crippen LogP contribution in [-0.4, -0.2) is 62.3 Å². The Hall–Kier alpha value is -1.43. The van der Waals surface area contributed by atoms with Crippen molar-refractivity contribution in [2.75, 3.05) is 19.6 Å². The Morgan fingerprint density at radius 2 is 2.21 bits per heavy atom. The molecule has 2 unspecified atom stereocenters. The Kier molecular flexibility index (Phi) is 3.05. The van der Waals surface area contributed by atoms with Gasteiger partial charge in [-0.15, -0.1) is 5.10 Å². The van der Waals surface area contributed by atoms with Gasteiger partial charge in [-0.25, -0.2) is 9.78 Å². The average molecular weight is 263 g/mol. The molecular formula is C13H21N5O. The predicted molar refractivity (Wildman–Crippen MR) is 70.9 cm³/mol. The third-order valence-corrected chi connectivity index (χ3v) is 4.33. The number of nitrogens with zero attached hydrogens (tertiary/aromatic N) is 5. The monoisotopic (exact) mass is 263 g/mol. The van der Waals surface area contributed by atoms with E-state index in [4.69, 9.17) is 0 Å². The van der Waals surface area contributed by atoms with Crippen molar-refractivity contribution in [2.24, 2.45) is 5.92 Å². The minimum Gasteiger partial charge on any atom is -0.321 e. The molecule has 6 nitrogen and oxygen atoms in total. The molecule has 2 fully saturated rings. The van der Waals surface area contributed by atoms with Crippen molar-refractivity contribution in [1.82, 2.24) is 24.6 Å². The summed E-state index contributed by atoms with van der Waals surface area (Å²) >= 11 is 0. The second-order valence-corrected chi connectivity index (χ2v) is 5.87. The summed E-state index contributed by atoms with van der Waals surface area (Å²) in [4.78, 5) is 20.8. The van der Waals surface area contributed by atoms with E-state index in [-0.39, 0.29) is 6.03 Å². The second-order valence-electron chi connectivity index (χ2n) is 5.87. The fraction of sp³-hybridized carbons (Fsp3) is 0.769. The molecule has 1 amide bonds. The topological polar surface area (TPSA) is 54.3 Å². The van der Waals surface area contributed by atoms with Crippen LogP contribution in [0.15, 0.2) is 6.33 Å². The van der Waals surface area contributed by atoms with Crippen molar-refractivity contribution >= 4 is 6.03 Å². The first-order chi connectivity index (χ1) is 9.06. The third-order valence-electron chi connectivity index (χ3n) is 4.33. The van der Waals surface area contributed by atoms with Crippen molar-refractivity contribution in [2.45, 2.75) is 39.3 Å². The highest BCUT2D eigenvalue weighted by molar-refractivity contribution is 5.76. The van der Waals surface area contributed by atoms with Crippen LogP contribution in [-0.2, 0) is 0 Å². The normalized spacial score (nSPS) is 27.3. The lowest BCUT2D eigenvalue weighted by Crippen LogP contribution is -2.41. The lowest BCUT2D eigenvalue weighted by Gasteiger charge is -2.28. The van der Waals surface area contributed by atoms with Crippen LogP contribution < -0.4 is 0 Å². The van der Waals surface area contributed by atoms with Crippen molar-refractivity contribution in [3.63, 3.8) is 0 Å². The molecule has 0 spiro atoms. The summed E-state index contributed by atoms with van der Waals surface area (Å²) < 4.78 is 1.36. The fourth-order valence-corrected chi connectivity index (χ4v) is 3.37. The second kappa shape index (κ2) is 4.59. The summed E-state index contributed by atoms with van der Waals surface area (Å²) in [7, 11) is 0. The van der Waals surface area contributed by atoms with Gasteiger partial charge in [-0.1, -0.05) is 0 Å². The molecule has 0 radical (unpaired) electrons. The van der Waals surface area contributed by atoms with E-state index < -0.39 is 0 Å². The summed E-state index contributed by atoms with van der Waals surface area (Å²) in [6, 6.07) is 1.03. The van der Waals surface area contributed by atoms with Gasteiger partial charge in [-0.2, -0.15) is 4.68 Å². The van der Waals surface area contributed by atoms with Crippen LogP contribution in [0.2, 0.25) is 0 Å². The van der Waals surface area contributed by atoms with E-state index in [1.165, 1.54) is 17.4 Å². The molecule has 2 aliphatic rings. The van der Waals surface area contributed by atoms with Gasteiger partial charge in [-0.05, 0) is 39.7 Å². The summed E-state index contributed by atoms with van der Waals surface area (Å²) in [5.41, 5.74) is 0. The van der Waals surface area contributed by atoms with Gasteiger partial charge in [0.1, 0.15) is 12.2 Å². The maximum absolute atomic E-state index is 12.3. The highest BCUT2D eigenvalue weighted by Gasteiger charge is 2.43. The summed E-state index contributed by atoms with van der Waals surface area (Å²) in [6.45, 7) is 9.09. The minimum absolute atomic E-state index is 0.0429. The molecule has 0 aliphatic carbocycles. The third kappa shape index (κ3) is 2.14. The maximum Gasteiger partial charge on any atom is 0.346 e. The smallest absolute Gasteiger partial charge is 0.321 e. The molecule has 6 heteroatoms. The quantitative estimate of drug-likeness (QED) is 0.757. The van der Waals surface area contributed by atoms with Crippen LogP contribution in [0.1, 0.15) is 26.1 Å². The highest BCUT2D eigenvalue weighted by Crippen LogP contribution is 2.32. The van der Waals surface area contributed by atoms with Crippen molar-refractivity contribution < 1.29 is 4.79 Å². The standard InChI is InChI=1S/C13H21N5O/c1-9(2)17-5-4-11-6-16(7-12(11)17)13(19)18-8-14-10(3)15-18/h8-9,11-12H,4-7H2,1-3H3. The van der Waals surface area contributed by atoms with Crippen molar-refractivity contribution in [3.05, 3.63) is 12.2 Å². The Balaban J connectivity index is 1.71. The molecule has 0 saturated carbocycles. The molecule has 19 heavy (non-hydrogen) atoms. The molecule has 104 valence electrons. The molecule has 0 bridgehead atoms. The number of rotatable bonds is 1. The summed E-state index contributed by atoms with van der Waals surface area (Å²) in [6.07, 6.45) is 2.70. The van der Waals surface area contributed by atoms with E-state index in [0.29, 0.717) is 23.8 Å². The summed E-state index contributed by atoms with van der Waals surface area (Å²) in [5.74, 6) is 1.26. The fourth-order valence-electron chi connectivity index (χ4n) is 3.37. The van der Waals surface area contributed by atoms with Crippen LogP contribution in [0.4, 0.5) is 4.79 Å². The maximum atomic E-state index is 12.3.